The van der Waals surface area contributed by atoms with Crippen LogP contribution in [0.1, 0.15) is 17.5 Å². The van der Waals surface area contributed by atoms with Gasteiger partial charge in [-0.1, -0.05) is 36.4 Å². The van der Waals surface area contributed by atoms with Crippen LogP contribution in [-0.4, -0.2) is 48.1 Å². The van der Waals surface area contributed by atoms with Crippen LogP contribution in [-0.2, 0) is 0 Å². The molecule has 2 aromatic heterocycles. The van der Waals surface area contributed by atoms with Crippen molar-refractivity contribution in [1.82, 2.24) is 14.9 Å². The molecule has 2 aromatic carbocycles. The zero-order chi connectivity index (χ0) is 22.2. The zero-order valence-corrected chi connectivity index (χ0v) is 18.5. The molecule has 6 nitrogen and oxygen atoms in total. The smallest absolute Gasteiger partial charge is 0.246 e. The van der Waals surface area contributed by atoms with Crippen LogP contribution in [0.25, 0.3) is 33.8 Å². The summed E-state index contributed by atoms with van der Waals surface area (Å²) < 4.78 is 6.37. The highest BCUT2D eigenvalue weighted by Gasteiger charge is 2.31. The number of fused-ring (bicyclic) bond motifs is 1. The highest BCUT2D eigenvalue weighted by Crippen LogP contribution is 2.44. The molecule has 1 aliphatic heterocycles. The van der Waals surface area contributed by atoms with E-state index in [1.807, 2.05) is 43.3 Å². The number of anilines is 1. The fraction of sp³-hybridized carbons (Fsp3) is 0.269. The molecule has 5 rings (SSSR count). The third-order valence-electron chi connectivity index (χ3n) is 6.33. The van der Waals surface area contributed by atoms with Gasteiger partial charge in [0.15, 0.2) is 5.58 Å². The van der Waals surface area contributed by atoms with Gasteiger partial charge < -0.3 is 14.2 Å². The first-order valence-corrected chi connectivity index (χ1v) is 10.8. The van der Waals surface area contributed by atoms with Crippen LogP contribution in [0, 0.1) is 18.3 Å². The summed E-state index contributed by atoms with van der Waals surface area (Å²) in [5, 5.41) is 10.1. The van der Waals surface area contributed by atoms with Gasteiger partial charge in [-0.15, -0.1) is 0 Å². The molecule has 0 unspecified atom stereocenters. The monoisotopic (exact) mass is 423 g/mol. The number of pyridine rings is 1. The van der Waals surface area contributed by atoms with Gasteiger partial charge in [0.2, 0.25) is 5.89 Å². The molecular weight excluding hydrogens is 398 g/mol. The van der Waals surface area contributed by atoms with E-state index in [9.17, 15) is 5.26 Å². The van der Waals surface area contributed by atoms with Crippen molar-refractivity contribution in [3.63, 3.8) is 0 Å². The third-order valence-corrected chi connectivity index (χ3v) is 6.33. The number of nitriles is 1. The Morgan fingerprint density at radius 1 is 1.12 bits per heavy atom. The second-order valence-corrected chi connectivity index (χ2v) is 8.47. The van der Waals surface area contributed by atoms with Crippen molar-refractivity contribution in [2.75, 3.05) is 32.1 Å². The summed E-state index contributed by atoms with van der Waals surface area (Å²) in [5.41, 5.74) is 6.53. The maximum atomic E-state index is 10.1. The van der Waals surface area contributed by atoms with Crippen LogP contribution in [0.15, 0.2) is 59.1 Å². The lowest BCUT2D eigenvalue weighted by Gasteiger charge is -2.25. The molecule has 1 atom stereocenters. The Morgan fingerprint density at radius 3 is 2.56 bits per heavy atom. The molecule has 1 fully saturated rings. The van der Waals surface area contributed by atoms with Gasteiger partial charge >= 0.3 is 0 Å². The number of benzene rings is 2. The fourth-order valence-corrected chi connectivity index (χ4v) is 4.61. The average Bonchev–Trinajstić information content (AvgIpc) is 3.48. The summed E-state index contributed by atoms with van der Waals surface area (Å²) in [6.45, 7) is 3.83. The zero-order valence-electron chi connectivity index (χ0n) is 18.5. The summed E-state index contributed by atoms with van der Waals surface area (Å²) in [7, 11) is 4.25. The van der Waals surface area contributed by atoms with E-state index in [0.717, 1.165) is 41.9 Å². The summed E-state index contributed by atoms with van der Waals surface area (Å²) in [5.74, 6) is 0.436. The predicted octanol–water partition coefficient (Wildman–Crippen LogP) is 4.88. The minimum atomic E-state index is 0.436. The Bertz CT molecular complexity index is 1310. The lowest BCUT2D eigenvalue weighted by molar-refractivity contribution is 0.315. The molecule has 0 N–H and O–H groups in total. The number of hydrogen-bond acceptors (Lipinski definition) is 6. The maximum Gasteiger partial charge on any atom is 0.246 e. The minimum absolute atomic E-state index is 0.436. The van der Waals surface area contributed by atoms with Gasteiger partial charge in [-0.05, 0) is 50.7 Å². The van der Waals surface area contributed by atoms with Gasteiger partial charge in [-0.2, -0.15) is 5.26 Å². The molecule has 0 spiro atoms. The summed E-state index contributed by atoms with van der Waals surface area (Å²) in [4.78, 5) is 13.8. The molecule has 6 heteroatoms. The van der Waals surface area contributed by atoms with Crippen molar-refractivity contribution in [3.8, 4) is 28.8 Å². The second kappa shape index (κ2) is 8.10. The minimum Gasteiger partial charge on any atom is -0.432 e. The van der Waals surface area contributed by atoms with Crippen molar-refractivity contribution >= 4 is 16.8 Å². The molecule has 4 aromatic rings. The first-order valence-electron chi connectivity index (χ1n) is 10.8. The van der Waals surface area contributed by atoms with Crippen LogP contribution in [0.2, 0.25) is 0 Å². The van der Waals surface area contributed by atoms with E-state index in [1.165, 1.54) is 0 Å². The van der Waals surface area contributed by atoms with E-state index in [0.29, 0.717) is 34.3 Å². The number of nitrogens with zero attached hydrogens (tertiary/aromatic N) is 5. The highest BCUT2D eigenvalue weighted by molar-refractivity contribution is 6.03. The Balaban J connectivity index is 1.81. The van der Waals surface area contributed by atoms with Crippen molar-refractivity contribution in [2.45, 2.75) is 19.4 Å². The quantitative estimate of drug-likeness (QED) is 0.466. The fourth-order valence-electron chi connectivity index (χ4n) is 4.61. The molecule has 1 aliphatic rings. The molecule has 0 saturated carbocycles. The van der Waals surface area contributed by atoms with E-state index in [-0.39, 0.29) is 0 Å². The van der Waals surface area contributed by atoms with Gasteiger partial charge in [0, 0.05) is 30.9 Å². The number of hydrogen-bond donors (Lipinski definition) is 0. The topological polar surface area (TPSA) is 69.2 Å². The van der Waals surface area contributed by atoms with E-state index in [1.54, 1.807) is 6.20 Å². The lowest BCUT2D eigenvalue weighted by atomic mass is 9.93. The lowest BCUT2D eigenvalue weighted by Crippen LogP contribution is -2.31. The number of rotatable bonds is 4. The standard InChI is InChI=1S/C26H25N5O/c1-17-20(15-27)23-25(32-26(29-23)21-11-7-8-13-28-21)24(22(17)18-9-5-4-6-10-18)31-14-12-19(16-31)30(2)3/h4-11,13,19H,12,14,16H2,1-3H3/t19-/m0/s1. The molecule has 0 amide bonds. The molecule has 0 bridgehead atoms. The van der Waals surface area contributed by atoms with E-state index >= 15 is 0 Å². The van der Waals surface area contributed by atoms with Crippen molar-refractivity contribution in [1.29, 1.82) is 5.26 Å². The molecule has 0 radical (unpaired) electrons. The van der Waals surface area contributed by atoms with E-state index in [4.69, 9.17) is 9.40 Å². The summed E-state index contributed by atoms with van der Waals surface area (Å²) in [6, 6.07) is 18.7. The Morgan fingerprint density at radius 2 is 1.91 bits per heavy atom. The Kier molecular flexibility index (Phi) is 5.12. The molecule has 3 heterocycles. The van der Waals surface area contributed by atoms with Crippen molar-refractivity contribution < 1.29 is 4.42 Å². The molecule has 0 aliphatic carbocycles. The third kappa shape index (κ3) is 3.31. The van der Waals surface area contributed by atoms with Crippen LogP contribution >= 0.6 is 0 Å². The van der Waals surface area contributed by atoms with E-state index < -0.39 is 0 Å². The Labute approximate surface area is 187 Å². The summed E-state index contributed by atoms with van der Waals surface area (Å²) >= 11 is 0. The number of oxazole rings is 1. The van der Waals surface area contributed by atoms with Gasteiger partial charge in [-0.25, -0.2) is 4.98 Å². The highest BCUT2D eigenvalue weighted by atomic mass is 16.3. The number of aromatic nitrogens is 2. The molecule has 32 heavy (non-hydrogen) atoms. The van der Waals surface area contributed by atoms with Gasteiger partial charge in [0.05, 0.1) is 11.3 Å². The SMILES string of the molecule is Cc1c(-c2ccccc2)c(N2CC[C@H](N(C)C)C2)c2oc(-c3ccccn3)nc2c1C#N. The largest absolute Gasteiger partial charge is 0.432 e. The average molecular weight is 424 g/mol. The molecular formula is C26H25N5O. The number of likely N-dealkylation sites (N-methyl/N-ethyl adjacent to an activating group) is 1. The van der Waals surface area contributed by atoms with Crippen LogP contribution < -0.4 is 4.90 Å². The van der Waals surface area contributed by atoms with Gasteiger partial charge in [-0.3, -0.25) is 4.98 Å². The van der Waals surface area contributed by atoms with Crippen LogP contribution in [0.4, 0.5) is 5.69 Å². The van der Waals surface area contributed by atoms with Gasteiger partial charge in [0.1, 0.15) is 17.3 Å². The summed E-state index contributed by atoms with van der Waals surface area (Å²) in [6.07, 6.45) is 2.79. The second-order valence-electron chi connectivity index (χ2n) is 8.47. The Hall–Kier alpha value is -3.69. The molecule has 1 saturated heterocycles. The maximum absolute atomic E-state index is 10.1. The first-order chi connectivity index (χ1) is 15.6. The predicted molar refractivity (Wildman–Crippen MR) is 126 cm³/mol. The van der Waals surface area contributed by atoms with Gasteiger partial charge in [0.25, 0.3) is 0 Å². The van der Waals surface area contributed by atoms with Crippen LogP contribution in [0.5, 0.6) is 0 Å². The normalized spacial score (nSPS) is 16.1. The van der Waals surface area contributed by atoms with E-state index in [2.05, 4.69) is 47.1 Å². The van der Waals surface area contributed by atoms with Crippen LogP contribution in [0.3, 0.4) is 0 Å². The first kappa shape index (κ1) is 20.2. The van der Waals surface area contributed by atoms with Crippen molar-refractivity contribution in [3.05, 3.63) is 65.9 Å². The van der Waals surface area contributed by atoms with Crippen molar-refractivity contribution in [2.24, 2.45) is 0 Å². The molecule has 160 valence electrons.